The zero-order chi connectivity index (χ0) is 15.8. The fourth-order valence-corrected chi connectivity index (χ4v) is 1.68. The Hall–Kier alpha value is -0.990. The summed E-state index contributed by atoms with van der Waals surface area (Å²) in [5.41, 5.74) is 2.41. The molecule has 0 fully saturated rings. The van der Waals surface area contributed by atoms with Crippen LogP contribution < -0.4 is 5.14 Å². The highest BCUT2D eigenvalue weighted by Gasteiger charge is 2.02. The predicted octanol–water partition coefficient (Wildman–Crippen LogP) is 0.855. The molecule has 7 heteroatoms. The van der Waals surface area contributed by atoms with Crippen LogP contribution in [0.3, 0.4) is 0 Å². The molecular formula is C13H23NO5S. The van der Waals surface area contributed by atoms with Crippen LogP contribution in [0.4, 0.5) is 0 Å². The summed E-state index contributed by atoms with van der Waals surface area (Å²) in [6, 6.07) is 7.98. The van der Waals surface area contributed by atoms with Gasteiger partial charge < -0.3 is 10.2 Å². The highest BCUT2D eigenvalue weighted by atomic mass is 32.2. The molecule has 0 radical (unpaired) electrons. The first kappa shape index (κ1) is 19.0. The molecule has 0 aliphatic rings. The fourth-order valence-electron chi connectivity index (χ4n) is 1.33. The molecule has 1 aromatic carbocycles. The SMILES string of the molecule is CC(C)(O)O.Cc1ccccc1CCCOS(N)(=O)=O. The summed E-state index contributed by atoms with van der Waals surface area (Å²) < 4.78 is 25.4. The van der Waals surface area contributed by atoms with Gasteiger partial charge in [-0.3, -0.25) is 4.18 Å². The van der Waals surface area contributed by atoms with Crippen LogP contribution in [0.25, 0.3) is 0 Å². The van der Waals surface area contributed by atoms with E-state index in [-0.39, 0.29) is 6.61 Å². The fraction of sp³-hybridized carbons (Fsp3) is 0.538. The quantitative estimate of drug-likeness (QED) is 0.552. The molecule has 0 heterocycles. The third-order valence-corrected chi connectivity index (χ3v) is 2.59. The molecular weight excluding hydrogens is 282 g/mol. The second-order valence-electron chi connectivity index (χ2n) is 4.84. The van der Waals surface area contributed by atoms with Crippen molar-refractivity contribution in [1.82, 2.24) is 0 Å². The van der Waals surface area contributed by atoms with Gasteiger partial charge in [0, 0.05) is 0 Å². The number of aryl methyl sites for hydroxylation is 2. The van der Waals surface area contributed by atoms with E-state index in [1.54, 1.807) is 0 Å². The molecule has 1 rings (SSSR count). The van der Waals surface area contributed by atoms with Crippen molar-refractivity contribution in [2.45, 2.75) is 39.4 Å². The highest BCUT2D eigenvalue weighted by Crippen LogP contribution is 2.09. The van der Waals surface area contributed by atoms with Crippen molar-refractivity contribution in [3.05, 3.63) is 35.4 Å². The van der Waals surface area contributed by atoms with Crippen LogP contribution in [-0.2, 0) is 20.9 Å². The molecule has 1 aromatic rings. The Balaban J connectivity index is 0.000000621. The number of nitrogens with two attached hydrogens (primary N) is 1. The first-order chi connectivity index (χ1) is 8.99. The summed E-state index contributed by atoms with van der Waals surface area (Å²) >= 11 is 0. The minimum atomic E-state index is -3.79. The molecule has 6 nitrogen and oxygen atoms in total. The molecule has 0 amide bonds. The standard InChI is InChI=1S/C10H15NO3S.C3H8O2/c1-9-5-2-3-6-10(9)7-4-8-14-15(11,12)13;1-3(2,4)5/h2-3,5-6H,4,7-8H2,1H3,(H2,11,12,13);4-5H,1-2H3. The van der Waals surface area contributed by atoms with Crippen LogP contribution in [0.2, 0.25) is 0 Å². The Bertz CT molecular complexity index is 488. The summed E-state index contributed by atoms with van der Waals surface area (Å²) in [4.78, 5) is 0. The second kappa shape index (κ2) is 8.33. The van der Waals surface area contributed by atoms with Crippen molar-refractivity contribution in [3.63, 3.8) is 0 Å². The van der Waals surface area contributed by atoms with Gasteiger partial charge in [0.15, 0.2) is 5.79 Å². The van der Waals surface area contributed by atoms with Crippen molar-refractivity contribution in [2.24, 2.45) is 5.14 Å². The van der Waals surface area contributed by atoms with Gasteiger partial charge in [-0.25, -0.2) is 5.14 Å². The molecule has 0 saturated carbocycles. The van der Waals surface area contributed by atoms with E-state index in [0.717, 1.165) is 6.42 Å². The van der Waals surface area contributed by atoms with Crippen molar-refractivity contribution in [2.75, 3.05) is 6.61 Å². The minimum absolute atomic E-state index is 0.132. The third kappa shape index (κ3) is 13.4. The largest absolute Gasteiger partial charge is 0.366 e. The molecule has 0 bridgehead atoms. The molecule has 20 heavy (non-hydrogen) atoms. The number of benzene rings is 1. The van der Waals surface area contributed by atoms with E-state index in [1.807, 2.05) is 31.2 Å². The average Bonchev–Trinajstić information content (AvgIpc) is 2.23. The molecule has 0 atom stereocenters. The summed E-state index contributed by atoms with van der Waals surface area (Å²) in [5, 5.41) is 20.8. The van der Waals surface area contributed by atoms with Crippen LogP contribution >= 0.6 is 0 Å². The zero-order valence-corrected chi connectivity index (χ0v) is 12.9. The van der Waals surface area contributed by atoms with E-state index in [9.17, 15) is 8.42 Å². The maximum atomic E-state index is 10.5. The Morgan fingerprint density at radius 3 is 2.20 bits per heavy atom. The zero-order valence-electron chi connectivity index (χ0n) is 12.0. The van der Waals surface area contributed by atoms with Gasteiger partial charge in [-0.15, -0.1) is 0 Å². The van der Waals surface area contributed by atoms with Gasteiger partial charge >= 0.3 is 10.3 Å². The summed E-state index contributed by atoms with van der Waals surface area (Å²) in [7, 11) is -3.79. The lowest BCUT2D eigenvalue weighted by Crippen LogP contribution is -2.16. The molecule has 0 spiro atoms. The van der Waals surface area contributed by atoms with Crippen molar-refractivity contribution in [1.29, 1.82) is 0 Å². The van der Waals surface area contributed by atoms with Crippen LogP contribution in [0.1, 0.15) is 31.4 Å². The van der Waals surface area contributed by atoms with Gasteiger partial charge in [-0.05, 0) is 44.7 Å². The number of hydrogen-bond donors (Lipinski definition) is 3. The smallest absolute Gasteiger partial charge is 0.333 e. The van der Waals surface area contributed by atoms with Crippen LogP contribution in [-0.4, -0.2) is 31.0 Å². The van der Waals surface area contributed by atoms with E-state index in [4.69, 9.17) is 15.4 Å². The molecule has 0 saturated heterocycles. The van der Waals surface area contributed by atoms with Gasteiger partial charge in [0.25, 0.3) is 0 Å². The molecule has 0 aromatic heterocycles. The minimum Gasteiger partial charge on any atom is -0.366 e. The molecule has 116 valence electrons. The molecule has 0 aliphatic carbocycles. The Kier molecular flexibility index (Phi) is 7.92. The monoisotopic (exact) mass is 305 g/mol. The summed E-state index contributed by atoms with van der Waals surface area (Å²) in [6.07, 6.45) is 1.43. The van der Waals surface area contributed by atoms with Gasteiger partial charge in [0.05, 0.1) is 6.61 Å². The summed E-state index contributed by atoms with van der Waals surface area (Å²) in [6.45, 7) is 4.75. The van der Waals surface area contributed by atoms with Gasteiger partial charge in [0.1, 0.15) is 0 Å². The molecule has 4 N–H and O–H groups in total. The lowest BCUT2D eigenvalue weighted by molar-refractivity contribution is -0.127. The van der Waals surface area contributed by atoms with Crippen molar-refractivity contribution < 1.29 is 22.8 Å². The van der Waals surface area contributed by atoms with E-state index in [2.05, 4.69) is 4.18 Å². The average molecular weight is 305 g/mol. The molecule has 0 aliphatic heterocycles. The molecule has 0 unspecified atom stereocenters. The van der Waals surface area contributed by atoms with Gasteiger partial charge in [-0.1, -0.05) is 24.3 Å². The second-order valence-corrected chi connectivity index (χ2v) is 6.06. The van der Waals surface area contributed by atoms with Crippen molar-refractivity contribution in [3.8, 4) is 0 Å². The lowest BCUT2D eigenvalue weighted by atomic mass is 10.0. The van der Waals surface area contributed by atoms with E-state index >= 15 is 0 Å². The first-order valence-corrected chi connectivity index (χ1v) is 7.62. The number of hydrogen-bond acceptors (Lipinski definition) is 5. The lowest BCUT2D eigenvalue weighted by Gasteiger charge is -2.04. The Morgan fingerprint density at radius 2 is 1.75 bits per heavy atom. The summed E-state index contributed by atoms with van der Waals surface area (Å²) in [5.74, 6) is -1.50. The van der Waals surface area contributed by atoms with Gasteiger partial charge in [0.2, 0.25) is 0 Å². The van der Waals surface area contributed by atoms with Crippen LogP contribution in [0.5, 0.6) is 0 Å². The van der Waals surface area contributed by atoms with Crippen LogP contribution in [0.15, 0.2) is 24.3 Å². The van der Waals surface area contributed by atoms with Crippen LogP contribution in [0, 0.1) is 6.92 Å². The van der Waals surface area contributed by atoms with E-state index in [0.29, 0.717) is 6.42 Å². The van der Waals surface area contributed by atoms with E-state index in [1.165, 1.54) is 25.0 Å². The topological polar surface area (TPSA) is 110 Å². The number of aliphatic hydroxyl groups is 2. The van der Waals surface area contributed by atoms with Crippen molar-refractivity contribution >= 4 is 10.3 Å². The Labute approximate surface area is 120 Å². The maximum absolute atomic E-state index is 10.5. The Morgan fingerprint density at radius 1 is 1.25 bits per heavy atom. The van der Waals surface area contributed by atoms with Gasteiger partial charge in [-0.2, -0.15) is 8.42 Å². The highest BCUT2D eigenvalue weighted by molar-refractivity contribution is 7.84. The van der Waals surface area contributed by atoms with E-state index < -0.39 is 16.1 Å². The number of rotatable bonds is 5. The third-order valence-electron chi connectivity index (χ3n) is 2.10. The normalized spacial score (nSPS) is 11.7. The first-order valence-electron chi connectivity index (χ1n) is 6.15. The maximum Gasteiger partial charge on any atom is 0.333 e. The predicted molar refractivity (Wildman–Crippen MR) is 77.1 cm³/mol.